The number of para-hydroxylation sites is 1. The normalized spacial score (nSPS) is 12.9. The van der Waals surface area contributed by atoms with Crippen LogP contribution in [0, 0.1) is 0 Å². The van der Waals surface area contributed by atoms with E-state index < -0.39 is 0 Å². The van der Waals surface area contributed by atoms with Crippen LogP contribution in [0.3, 0.4) is 0 Å². The van der Waals surface area contributed by atoms with Crippen molar-refractivity contribution in [2.75, 3.05) is 7.05 Å². The van der Waals surface area contributed by atoms with Gasteiger partial charge in [0.15, 0.2) is 0 Å². The molecule has 2 nitrogen and oxygen atoms in total. The highest BCUT2D eigenvalue weighted by molar-refractivity contribution is 7.10. The number of benzene rings is 1. The van der Waals surface area contributed by atoms with Crippen LogP contribution >= 0.6 is 11.3 Å². The zero-order valence-electron chi connectivity index (χ0n) is 11.8. The number of fused-ring (bicyclic) bond motifs is 1. The molecule has 0 aliphatic heterocycles. The fourth-order valence-electron chi connectivity index (χ4n) is 2.33. The van der Waals surface area contributed by atoms with Gasteiger partial charge >= 0.3 is 0 Å². The van der Waals surface area contributed by atoms with Crippen LogP contribution in [0.15, 0.2) is 53.9 Å². The van der Waals surface area contributed by atoms with Crippen LogP contribution in [-0.2, 0) is 6.54 Å². The third-order valence-corrected chi connectivity index (χ3v) is 4.73. The summed E-state index contributed by atoms with van der Waals surface area (Å²) in [6.45, 7) is 3.11. The standard InChI is InChI=1S/C17H18N2S/c1-13(17-8-5-11-20-17)19(2)12-15-10-9-14-6-3-4-7-16(14)18-15/h3-11,13H,12H2,1-2H3/t13-/m0/s1. The number of nitrogens with zero attached hydrogens (tertiary/aromatic N) is 2. The minimum Gasteiger partial charge on any atom is -0.293 e. The molecule has 0 aliphatic carbocycles. The molecule has 3 heteroatoms. The van der Waals surface area contributed by atoms with Gasteiger partial charge in [0.2, 0.25) is 0 Å². The summed E-state index contributed by atoms with van der Waals surface area (Å²) in [6, 6.07) is 17.3. The molecule has 0 aliphatic rings. The molecule has 20 heavy (non-hydrogen) atoms. The molecule has 1 aromatic carbocycles. The van der Waals surface area contributed by atoms with Gasteiger partial charge in [0, 0.05) is 22.8 Å². The lowest BCUT2D eigenvalue weighted by molar-refractivity contribution is 0.254. The van der Waals surface area contributed by atoms with Gasteiger partial charge in [-0.05, 0) is 37.6 Å². The van der Waals surface area contributed by atoms with E-state index in [9.17, 15) is 0 Å². The number of thiophene rings is 1. The average molecular weight is 282 g/mol. The van der Waals surface area contributed by atoms with Crippen LogP contribution in [0.4, 0.5) is 0 Å². The van der Waals surface area contributed by atoms with Crippen molar-refractivity contribution in [3.63, 3.8) is 0 Å². The first-order valence-corrected chi connectivity index (χ1v) is 7.70. The Bertz CT molecular complexity index is 691. The predicted molar refractivity (Wildman–Crippen MR) is 85.9 cm³/mol. The van der Waals surface area contributed by atoms with Gasteiger partial charge < -0.3 is 0 Å². The Balaban J connectivity index is 1.78. The molecule has 0 saturated carbocycles. The molecule has 0 N–H and O–H groups in total. The summed E-state index contributed by atoms with van der Waals surface area (Å²) >= 11 is 1.81. The molecule has 0 unspecified atom stereocenters. The number of rotatable bonds is 4. The Kier molecular flexibility index (Phi) is 3.81. The van der Waals surface area contributed by atoms with E-state index in [1.807, 2.05) is 17.4 Å². The molecular weight excluding hydrogens is 264 g/mol. The van der Waals surface area contributed by atoms with E-state index in [0.717, 1.165) is 17.8 Å². The average Bonchev–Trinajstić information content (AvgIpc) is 3.00. The van der Waals surface area contributed by atoms with Gasteiger partial charge in [-0.1, -0.05) is 30.3 Å². The molecule has 3 aromatic rings. The van der Waals surface area contributed by atoms with E-state index >= 15 is 0 Å². The van der Waals surface area contributed by atoms with Gasteiger partial charge in [0.25, 0.3) is 0 Å². The fraction of sp³-hybridized carbons (Fsp3) is 0.235. The monoisotopic (exact) mass is 282 g/mol. The molecule has 0 amide bonds. The summed E-state index contributed by atoms with van der Waals surface area (Å²) in [7, 11) is 2.15. The van der Waals surface area contributed by atoms with Crippen molar-refractivity contribution in [2.24, 2.45) is 0 Å². The van der Waals surface area contributed by atoms with Crippen molar-refractivity contribution in [3.05, 3.63) is 64.5 Å². The first kappa shape index (κ1) is 13.3. The number of hydrogen-bond acceptors (Lipinski definition) is 3. The molecule has 2 heterocycles. The lowest BCUT2D eigenvalue weighted by atomic mass is 10.2. The molecule has 0 saturated heterocycles. The second kappa shape index (κ2) is 5.73. The molecule has 0 bridgehead atoms. The van der Waals surface area contributed by atoms with E-state index in [0.29, 0.717) is 6.04 Å². The molecule has 0 fully saturated rings. The summed E-state index contributed by atoms with van der Waals surface area (Å²) in [4.78, 5) is 8.47. The fourth-order valence-corrected chi connectivity index (χ4v) is 3.18. The maximum absolute atomic E-state index is 4.74. The molecule has 102 valence electrons. The number of aromatic nitrogens is 1. The highest BCUT2D eigenvalue weighted by atomic mass is 32.1. The van der Waals surface area contributed by atoms with E-state index in [1.165, 1.54) is 10.3 Å². The topological polar surface area (TPSA) is 16.1 Å². The van der Waals surface area contributed by atoms with Crippen LogP contribution in [0.2, 0.25) is 0 Å². The second-order valence-electron chi connectivity index (χ2n) is 5.10. The lowest BCUT2D eigenvalue weighted by Crippen LogP contribution is -2.21. The smallest absolute Gasteiger partial charge is 0.0705 e. The minimum atomic E-state index is 0.420. The first-order valence-electron chi connectivity index (χ1n) is 6.82. The Morgan fingerprint density at radius 3 is 2.75 bits per heavy atom. The molecule has 2 aromatic heterocycles. The third-order valence-electron chi connectivity index (χ3n) is 3.68. The molecule has 3 rings (SSSR count). The Morgan fingerprint density at radius 2 is 1.95 bits per heavy atom. The molecular formula is C17H18N2S. The first-order chi connectivity index (χ1) is 9.74. The van der Waals surface area contributed by atoms with E-state index in [1.54, 1.807) is 0 Å². The summed E-state index contributed by atoms with van der Waals surface area (Å²) in [5, 5.41) is 3.33. The highest BCUT2D eigenvalue weighted by Gasteiger charge is 2.13. The van der Waals surface area contributed by atoms with Gasteiger partial charge in [0.1, 0.15) is 0 Å². The van der Waals surface area contributed by atoms with Crippen LogP contribution in [0.25, 0.3) is 10.9 Å². The van der Waals surface area contributed by atoms with Crippen LogP contribution in [-0.4, -0.2) is 16.9 Å². The second-order valence-corrected chi connectivity index (χ2v) is 6.08. The van der Waals surface area contributed by atoms with Crippen molar-refractivity contribution in [1.82, 2.24) is 9.88 Å². The van der Waals surface area contributed by atoms with Crippen molar-refractivity contribution < 1.29 is 0 Å². The SMILES string of the molecule is C[C@@H](c1cccs1)N(C)Cc1ccc2ccccc2n1. The predicted octanol–water partition coefficient (Wildman–Crippen LogP) is 4.49. The van der Waals surface area contributed by atoms with Crippen molar-refractivity contribution in [3.8, 4) is 0 Å². The van der Waals surface area contributed by atoms with Crippen LogP contribution < -0.4 is 0 Å². The summed E-state index contributed by atoms with van der Waals surface area (Å²) < 4.78 is 0. The zero-order valence-corrected chi connectivity index (χ0v) is 12.6. The van der Waals surface area contributed by atoms with Gasteiger partial charge in [-0.3, -0.25) is 9.88 Å². The quantitative estimate of drug-likeness (QED) is 0.701. The Hall–Kier alpha value is -1.71. The summed E-state index contributed by atoms with van der Waals surface area (Å²) in [6.07, 6.45) is 0. The van der Waals surface area contributed by atoms with Crippen molar-refractivity contribution >= 4 is 22.2 Å². The minimum absolute atomic E-state index is 0.420. The van der Waals surface area contributed by atoms with Crippen molar-refractivity contribution in [1.29, 1.82) is 0 Å². The maximum atomic E-state index is 4.74. The number of pyridine rings is 1. The van der Waals surface area contributed by atoms with Gasteiger partial charge in [-0.15, -0.1) is 11.3 Å². The highest BCUT2D eigenvalue weighted by Crippen LogP contribution is 2.24. The largest absolute Gasteiger partial charge is 0.293 e. The van der Waals surface area contributed by atoms with E-state index in [-0.39, 0.29) is 0 Å². The Morgan fingerprint density at radius 1 is 1.10 bits per heavy atom. The third kappa shape index (κ3) is 2.74. The van der Waals surface area contributed by atoms with Crippen LogP contribution in [0.1, 0.15) is 23.5 Å². The molecule has 1 atom stereocenters. The van der Waals surface area contributed by atoms with Crippen molar-refractivity contribution in [2.45, 2.75) is 19.5 Å². The van der Waals surface area contributed by atoms with Gasteiger partial charge in [-0.2, -0.15) is 0 Å². The zero-order chi connectivity index (χ0) is 13.9. The Labute approximate surface area is 123 Å². The van der Waals surface area contributed by atoms with E-state index in [4.69, 9.17) is 4.98 Å². The number of hydrogen-bond donors (Lipinski definition) is 0. The van der Waals surface area contributed by atoms with E-state index in [2.05, 4.69) is 66.7 Å². The van der Waals surface area contributed by atoms with Gasteiger partial charge in [0.05, 0.1) is 11.2 Å². The van der Waals surface area contributed by atoms with Gasteiger partial charge in [-0.25, -0.2) is 0 Å². The van der Waals surface area contributed by atoms with Crippen LogP contribution in [0.5, 0.6) is 0 Å². The molecule has 0 radical (unpaired) electrons. The lowest BCUT2D eigenvalue weighted by Gasteiger charge is -2.23. The molecule has 0 spiro atoms. The summed E-state index contributed by atoms with van der Waals surface area (Å²) in [5.41, 5.74) is 2.19. The summed E-state index contributed by atoms with van der Waals surface area (Å²) in [5.74, 6) is 0. The maximum Gasteiger partial charge on any atom is 0.0705 e.